The van der Waals surface area contributed by atoms with Crippen LogP contribution in [0.25, 0.3) is 0 Å². The van der Waals surface area contributed by atoms with Crippen molar-refractivity contribution in [2.24, 2.45) is 5.41 Å². The summed E-state index contributed by atoms with van der Waals surface area (Å²) in [6.07, 6.45) is 5.27. The van der Waals surface area contributed by atoms with Crippen molar-refractivity contribution in [1.82, 2.24) is 9.97 Å². The van der Waals surface area contributed by atoms with Crippen LogP contribution in [-0.2, 0) is 0 Å². The zero-order valence-corrected chi connectivity index (χ0v) is 11.6. The van der Waals surface area contributed by atoms with Gasteiger partial charge in [-0.25, -0.2) is 4.98 Å². The summed E-state index contributed by atoms with van der Waals surface area (Å²) < 4.78 is 5.43. The fourth-order valence-electron chi connectivity index (χ4n) is 2.46. The Morgan fingerprint density at radius 2 is 2.11 bits per heavy atom. The molecule has 0 bridgehead atoms. The Morgan fingerprint density at radius 3 is 2.67 bits per heavy atom. The number of aromatic nitrogens is 2. The third kappa shape index (κ3) is 2.92. The third-order valence-corrected chi connectivity index (χ3v) is 3.92. The van der Waals surface area contributed by atoms with Crippen LogP contribution in [-0.4, -0.2) is 23.1 Å². The smallest absolute Gasteiger partial charge is 0.218 e. The van der Waals surface area contributed by atoms with Crippen LogP contribution in [0.1, 0.15) is 45.4 Å². The maximum Gasteiger partial charge on any atom is 0.218 e. The lowest BCUT2D eigenvalue weighted by molar-refractivity contribution is 0.145. The molecule has 1 aliphatic carbocycles. The predicted octanol–water partition coefficient (Wildman–Crippen LogP) is 3.18. The van der Waals surface area contributed by atoms with Crippen LogP contribution in [0.2, 0.25) is 0 Å². The molecule has 0 aromatic carbocycles. The molecule has 1 N–H and O–H groups in total. The van der Waals surface area contributed by atoms with E-state index in [9.17, 15) is 0 Å². The van der Waals surface area contributed by atoms with Crippen LogP contribution in [0.4, 0.5) is 5.82 Å². The maximum absolute atomic E-state index is 5.43. The molecule has 0 unspecified atom stereocenters. The predicted molar refractivity (Wildman–Crippen MR) is 73.0 cm³/mol. The van der Waals surface area contributed by atoms with Gasteiger partial charge in [0.05, 0.1) is 6.61 Å². The molecule has 1 aromatic heterocycles. The molecule has 1 aliphatic rings. The highest BCUT2D eigenvalue weighted by Crippen LogP contribution is 2.43. The van der Waals surface area contributed by atoms with E-state index in [2.05, 4.69) is 22.2 Å². The Morgan fingerprint density at radius 1 is 1.33 bits per heavy atom. The number of ether oxygens (including phenoxy) is 1. The molecule has 1 fully saturated rings. The van der Waals surface area contributed by atoms with Crippen molar-refractivity contribution in [2.45, 2.75) is 46.5 Å². The topological polar surface area (TPSA) is 47.0 Å². The summed E-state index contributed by atoms with van der Waals surface area (Å²) in [5.74, 6) is 2.29. The zero-order valence-electron chi connectivity index (χ0n) is 11.6. The van der Waals surface area contributed by atoms with Gasteiger partial charge in [0.25, 0.3) is 0 Å². The summed E-state index contributed by atoms with van der Waals surface area (Å²) in [5.41, 5.74) is 0.491. The lowest BCUT2D eigenvalue weighted by atomic mass is 9.67. The number of rotatable bonds is 6. The quantitative estimate of drug-likeness (QED) is 0.841. The fraction of sp³-hybridized carbons (Fsp3) is 0.714. The van der Waals surface area contributed by atoms with E-state index in [1.165, 1.54) is 25.7 Å². The second-order valence-corrected chi connectivity index (χ2v) is 5.13. The third-order valence-electron chi connectivity index (χ3n) is 3.92. The molecule has 0 spiro atoms. The van der Waals surface area contributed by atoms with Crippen LogP contribution in [0, 0.1) is 12.3 Å². The van der Waals surface area contributed by atoms with Gasteiger partial charge < -0.3 is 10.1 Å². The molecular weight excluding hydrogens is 226 g/mol. The Labute approximate surface area is 109 Å². The summed E-state index contributed by atoms with van der Waals surface area (Å²) in [7, 11) is 0. The standard InChI is InChI=1S/C14H23N3O/c1-4-14(7-6-8-14)10-15-12-9-13(18-5-2)17-11(3)16-12/h9H,4-8,10H2,1-3H3,(H,15,16,17). The van der Waals surface area contributed by atoms with E-state index in [-0.39, 0.29) is 0 Å². The SMILES string of the molecule is CCOc1cc(NCC2(CC)CCC2)nc(C)n1. The molecule has 4 heteroatoms. The maximum atomic E-state index is 5.43. The van der Waals surface area contributed by atoms with E-state index in [0.29, 0.717) is 17.9 Å². The second kappa shape index (κ2) is 5.55. The van der Waals surface area contributed by atoms with Gasteiger partial charge >= 0.3 is 0 Å². The molecule has 4 nitrogen and oxygen atoms in total. The monoisotopic (exact) mass is 249 g/mol. The van der Waals surface area contributed by atoms with Gasteiger partial charge in [-0.05, 0) is 38.5 Å². The number of nitrogens with one attached hydrogen (secondary N) is 1. The molecule has 100 valence electrons. The molecule has 0 amide bonds. The summed E-state index contributed by atoms with van der Waals surface area (Å²) in [6.45, 7) is 7.77. The van der Waals surface area contributed by atoms with Crippen LogP contribution < -0.4 is 10.1 Å². The van der Waals surface area contributed by atoms with Crippen molar-refractivity contribution in [1.29, 1.82) is 0 Å². The molecule has 18 heavy (non-hydrogen) atoms. The molecule has 1 aromatic rings. The van der Waals surface area contributed by atoms with E-state index in [1.807, 2.05) is 19.9 Å². The van der Waals surface area contributed by atoms with Gasteiger partial charge in [-0.2, -0.15) is 4.98 Å². The van der Waals surface area contributed by atoms with Gasteiger partial charge in [0.1, 0.15) is 11.6 Å². The van der Waals surface area contributed by atoms with E-state index < -0.39 is 0 Å². The fourth-order valence-corrected chi connectivity index (χ4v) is 2.46. The van der Waals surface area contributed by atoms with Gasteiger partial charge in [0.2, 0.25) is 5.88 Å². The van der Waals surface area contributed by atoms with Gasteiger partial charge in [-0.1, -0.05) is 13.3 Å². The molecule has 1 heterocycles. The largest absolute Gasteiger partial charge is 0.478 e. The molecule has 1 saturated carbocycles. The first-order valence-electron chi connectivity index (χ1n) is 6.90. The molecule has 0 atom stereocenters. The van der Waals surface area contributed by atoms with Crippen molar-refractivity contribution in [3.05, 3.63) is 11.9 Å². The normalized spacial score (nSPS) is 17.1. The van der Waals surface area contributed by atoms with Gasteiger partial charge in [-0.15, -0.1) is 0 Å². The van der Waals surface area contributed by atoms with E-state index in [4.69, 9.17) is 4.74 Å². The molecule has 0 aliphatic heterocycles. The Bertz CT molecular complexity index is 397. The van der Waals surface area contributed by atoms with Crippen LogP contribution in [0.5, 0.6) is 5.88 Å². The second-order valence-electron chi connectivity index (χ2n) is 5.13. The van der Waals surface area contributed by atoms with Crippen molar-refractivity contribution in [3.63, 3.8) is 0 Å². The summed E-state index contributed by atoms with van der Waals surface area (Å²) >= 11 is 0. The van der Waals surface area contributed by atoms with E-state index in [0.717, 1.165) is 18.2 Å². The average Bonchev–Trinajstić information content (AvgIpc) is 2.28. The molecule has 0 saturated heterocycles. The van der Waals surface area contributed by atoms with Crippen molar-refractivity contribution < 1.29 is 4.74 Å². The number of anilines is 1. The van der Waals surface area contributed by atoms with Crippen LogP contribution >= 0.6 is 0 Å². The minimum atomic E-state index is 0.491. The van der Waals surface area contributed by atoms with E-state index >= 15 is 0 Å². The lowest BCUT2D eigenvalue weighted by Gasteiger charge is -2.41. The number of nitrogens with zero attached hydrogens (tertiary/aromatic N) is 2. The first-order chi connectivity index (χ1) is 8.67. The highest BCUT2D eigenvalue weighted by molar-refractivity contribution is 5.38. The minimum Gasteiger partial charge on any atom is -0.478 e. The van der Waals surface area contributed by atoms with Gasteiger partial charge in [-0.3, -0.25) is 0 Å². The van der Waals surface area contributed by atoms with E-state index in [1.54, 1.807) is 0 Å². The summed E-state index contributed by atoms with van der Waals surface area (Å²) in [5, 5.41) is 3.45. The number of hydrogen-bond donors (Lipinski definition) is 1. The highest BCUT2D eigenvalue weighted by Gasteiger charge is 2.34. The Hall–Kier alpha value is -1.32. The molecule has 2 rings (SSSR count). The van der Waals surface area contributed by atoms with Gasteiger partial charge in [0.15, 0.2) is 0 Å². The van der Waals surface area contributed by atoms with Gasteiger partial charge in [0, 0.05) is 12.6 Å². The van der Waals surface area contributed by atoms with Crippen molar-refractivity contribution >= 4 is 5.82 Å². The zero-order chi connectivity index (χ0) is 13.0. The minimum absolute atomic E-state index is 0.491. The average molecular weight is 249 g/mol. The highest BCUT2D eigenvalue weighted by atomic mass is 16.5. The van der Waals surface area contributed by atoms with Crippen molar-refractivity contribution in [3.8, 4) is 5.88 Å². The first-order valence-corrected chi connectivity index (χ1v) is 6.90. The summed E-state index contributed by atoms with van der Waals surface area (Å²) in [6, 6.07) is 1.89. The first kappa shape index (κ1) is 13.1. The molecular formula is C14H23N3O. The van der Waals surface area contributed by atoms with Crippen molar-refractivity contribution in [2.75, 3.05) is 18.5 Å². The van der Waals surface area contributed by atoms with Crippen LogP contribution in [0.3, 0.4) is 0 Å². The molecule has 0 radical (unpaired) electrons. The number of hydrogen-bond acceptors (Lipinski definition) is 4. The Balaban J connectivity index is 2.00. The number of aryl methyl sites for hydroxylation is 1. The summed E-state index contributed by atoms with van der Waals surface area (Å²) in [4.78, 5) is 8.66. The Kier molecular flexibility index (Phi) is 4.04. The van der Waals surface area contributed by atoms with Crippen LogP contribution in [0.15, 0.2) is 6.07 Å². The lowest BCUT2D eigenvalue weighted by Crippen LogP contribution is -2.36.